The summed E-state index contributed by atoms with van der Waals surface area (Å²) in [7, 11) is 0. The monoisotopic (exact) mass is 267 g/mol. The van der Waals surface area contributed by atoms with Gasteiger partial charge in [0.25, 0.3) is 0 Å². The van der Waals surface area contributed by atoms with Crippen molar-refractivity contribution >= 4 is 11.7 Å². The molecule has 0 bridgehead atoms. The summed E-state index contributed by atoms with van der Waals surface area (Å²) in [6.45, 7) is 0. The van der Waals surface area contributed by atoms with E-state index in [0.717, 1.165) is 16.7 Å². The predicted molar refractivity (Wildman–Crippen MR) is 75.5 cm³/mol. The fourth-order valence-corrected chi connectivity index (χ4v) is 2.19. The highest BCUT2D eigenvalue weighted by Gasteiger charge is 2.28. The van der Waals surface area contributed by atoms with Gasteiger partial charge in [0.1, 0.15) is 0 Å². The molecule has 100 valence electrons. The van der Waals surface area contributed by atoms with E-state index in [1.165, 1.54) is 0 Å². The van der Waals surface area contributed by atoms with Gasteiger partial charge in [0.15, 0.2) is 0 Å². The molecule has 0 aromatic heterocycles. The van der Waals surface area contributed by atoms with E-state index in [2.05, 4.69) is 5.16 Å². The van der Waals surface area contributed by atoms with Crippen LogP contribution in [0.1, 0.15) is 12.0 Å². The first-order valence-corrected chi connectivity index (χ1v) is 6.35. The highest BCUT2D eigenvalue weighted by Crippen LogP contribution is 2.23. The molecule has 0 saturated carbocycles. The van der Waals surface area contributed by atoms with Crippen molar-refractivity contribution in [2.75, 3.05) is 0 Å². The van der Waals surface area contributed by atoms with E-state index in [1.54, 1.807) is 0 Å². The lowest BCUT2D eigenvalue weighted by Crippen LogP contribution is -2.19. The van der Waals surface area contributed by atoms with Crippen LogP contribution >= 0.6 is 0 Å². The third-order valence-electron chi connectivity index (χ3n) is 3.25. The number of carboxylic acids is 1. The maximum atomic E-state index is 10.9. The second-order valence-corrected chi connectivity index (χ2v) is 4.62. The van der Waals surface area contributed by atoms with Gasteiger partial charge in [-0.2, -0.15) is 0 Å². The summed E-state index contributed by atoms with van der Waals surface area (Å²) in [6.07, 6.45) is -0.571. The number of oxime groups is 1. The summed E-state index contributed by atoms with van der Waals surface area (Å²) in [5.41, 5.74) is 3.76. The molecule has 1 aliphatic rings. The molecule has 4 heteroatoms. The van der Waals surface area contributed by atoms with Crippen molar-refractivity contribution in [2.24, 2.45) is 5.16 Å². The topological polar surface area (TPSA) is 58.9 Å². The molecule has 0 amide bonds. The number of nitrogens with zero attached hydrogens (tertiary/aromatic N) is 1. The Labute approximate surface area is 116 Å². The van der Waals surface area contributed by atoms with Crippen LogP contribution in [-0.4, -0.2) is 22.9 Å². The fraction of sp³-hybridized carbons (Fsp3) is 0.125. The number of carboxylic acid groups (broad SMARTS) is 1. The molecule has 0 saturated heterocycles. The van der Waals surface area contributed by atoms with E-state index in [1.807, 2.05) is 54.6 Å². The average molecular weight is 267 g/mol. The van der Waals surface area contributed by atoms with Gasteiger partial charge < -0.3 is 9.94 Å². The lowest BCUT2D eigenvalue weighted by Gasteiger charge is -2.04. The van der Waals surface area contributed by atoms with Gasteiger partial charge in [-0.25, -0.2) is 4.79 Å². The summed E-state index contributed by atoms with van der Waals surface area (Å²) in [5.74, 6) is -0.983. The number of benzene rings is 2. The first-order valence-electron chi connectivity index (χ1n) is 6.35. The van der Waals surface area contributed by atoms with Crippen LogP contribution in [0.4, 0.5) is 0 Å². The molecule has 0 fully saturated rings. The Balaban J connectivity index is 1.88. The first kappa shape index (κ1) is 12.4. The van der Waals surface area contributed by atoms with Crippen molar-refractivity contribution < 1.29 is 14.7 Å². The zero-order valence-corrected chi connectivity index (χ0v) is 10.7. The van der Waals surface area contributed by atoms with Crippen LogP contribution in [0.5, 0.6) is 0 Å². The van der Waals surface area contributed by atoms with Crippen LogP contribution in [0, 0.1) is 0 Å². The number of carbonyl (C=O) groups is 1. The molecular formula is C16H13NO3. The molecule has 1 atom stereocenters. The molecule has 1 heterocycles. The third kappa shape index (κ3) is 2.40. The lowest BCUT2D eigenvalue weighted by atomic mass is 9.99. The average Bonchev–Trinajstić information content (AvgIpc) is 2.98. The Morgan fingerprint density at radius 1 is 1.05 bits per heavy atom. The van der Waals surface area contributed by atoms with Gasteiger partial charge >= 0.3 is 5.97 Å². The van der Waals surface area contributed by atoms with E-state index >= 15 is 0 Å². The maximum Gasteiger partial charge on any atom is 0.348 e. The molecule has 1 N–H and O–H groups in total. The molecule has 4 nitrogen and oxygen atoms in total. The number of aliphatic carboxylic acids is 1. The van der Waals surface area contributed by atoms with E-state index in [-0.39, 0.29) is 0 Å². The van der Waals surface area contributed by atoms with Crippen LogP contribution in [0.3, 0.4) is 0 Å². The molecule has 3 rings (SSSR count). The zero-order valence-electron chi connectivity index (χ0n) is 10.7. The van der Waals surface area contributed by atoms with Gasteiger partial charge in [-0.15, -0.1) is 0 Å². The second kappa shape index (κ2) is 5.17. The van der Waals surface area contributed by atoms with Crippen LogP contribution in [0.15, 0.2) is 59.8 Å². The molecular weight excluding hydrogens is 254 g/mol. The van der Waals surface area contributed by atoms with Gasteiger partial charge in [-0.3, -0.25) is 0 Å². The summed E-state index contributed by atoms with van der Waals surface area (Å²) >= 11 is 0. The highest BCUT2D eigenvalue weighted by atomic mass is 16.7. The summed E-state index contributed by atoms with van der Waals surface area (Å²) in [5, 5.41) is 12.8. The number of hydrogen-bond acceptors (Lipinski definition) is 3. The second-order valence-electron chi connectivity index (χ2n) is 4.62. The number of hydrogen-bond donors (Lipinski definition) is 1. The molecule has 0 radical (unpaired) electrons. The molecule has 2 aromatic rings. The van der Waals surface area contributed by atoms with Crippen LogP contribution in [0.2, 0.25) is 0 Å². The molecule has 0 spiro atoms. The quantitative estimate of drug-likeness (QED) is 0.930. The Kier molecular flexibility index (Phi) is 3.21. The lowest BCUT2D eigenvalue weighted by molar-refractivity contribution is -0.148. The highest BCUT2D eigenvalue weighted by molar-refractivity contribution is 6.04. The van der Waals surface area contributed by atoms with Crippen LogP contribution in [-0.2, 0) is 9.63 Å². The molecule has 1 aliphatic heterocycles. The fourth-order valence-electron chi connectivity index (χ4n) is 2.19. The third-order valence-corrected chi connectivity index (χ3v) is 3.25. The summed E-state index contributed by atoms with van der Waals surface area (Å²) < 4.78 is 0. The summed E-state index contributed by atoms with van der Waals surface area (Å²) in [4.78, 5) is 15.8. The minimum absolute atomic E-state index is 0.299. The van der Waals surface area contributed by atoms with Crippen molar-refractivity contribution in [1.29, 1.82) is 0 Å². The number of rotatable bonds is 3. The Bertz CT molecular complexity index is 664. The van der Waals surface area contributed by atoms with Crippen molar-refractivity contribution in [2.45, 2.75) is 12.5 Å². The smallest absolute Gasteiger partial charge is 0.348 e. The predicted octanol–water partition coefficient (Wildman–Crippen LogP) is 2.93. The van der Waals surface area contributed by atoms with Gasteiger partial charge in [-0.1, -0.05) is 53.7 Å². The van der Waals surface area contributed by atoms with E-state index in [4.69, 9.17) is 9.94 Å². The minimum Gasteiger partial charge on any atom is -0.478 e. The van der Waals surface area contributed by atoms with E-state index < -0.39 is 12.1 Å². The largest absolute Gasteiger partial charge is 0.478 e. The minimum atomic E-state index is -0.983. The zero-order chi connectivity index (χ0) is 13.9. The van der Waals surface area contributed by atoms with Crippen LogP contribution in [0.25, 0.3) is 11.1 Å². The van der Waals surface area contributed by atoms with Crippen molar-refractivity contribution in [3.8, 4) is 11.1 Å². The molecule has 0 aliphatic carbocycles. The maximum absolute atomic E-state index is 10.9. The van der Waals surface area contributed by atoms with Gasteiger partial charge in [0, 0.05) is 12.0 Å². The first-order chi connectivity index (χ1) is 9.74. The standard InChI is InChI=1S/C16H13NO3/c18-16(19)15-10-14(17-20-15)13-8-4-7-12(9-13)11-5-2-1-3-6-11/h1-9,15H,10H2,(H,18,19). The normalized spacial score (nSPS) is 17.4. The van der Waals surface area contributed by atoms with E-state index in [0.29, 0.717) is 12.1 Å². The van der Waals surface area contributed by atoms with Gasteiger partial charge in [0.2, 0.25) is 6.10 Å². The Hall–Kier alpha value is -2.62. The van der Waals surface area contributed by atoms with Crippen molar-refractivity contribution in [1.82, 2.24) is 0 Å². The van der Waals surface area contributed by atoms with Crippen LogP contribution < -0.4 is 0 Å². The summed E-state index contributed by atoms with van der Waals surface area (Å²) in [6, 6.07) is 17.9. The molecule has 1 unspecified atom stereocenters. The molecule has 2 aromatic carbocycles. The van der Waals surface area contributed by atoms with Gasteiger partial charge in [-0.05, 0) is 17.2 Å². The Morgan fingerprint density at radius 3 is 2.45 bits per heavy atom. The van der Waals surface area contributed by atoms with Crippen molar-refractivity contribution in [3.63, 3.8) is 0 Å². The van der Waals surface area contributed by atoms with Crippen molar-refractivity contribution in [3.05, 3.63) is 60.2 Å². The molecule has 20 heavy (non-hydrogen) atoms. The SMILES string of the molecule is O=C(O)C1CC(c2cccc(-c3ccccc3)c2)=NO1. The van der Waals surface area contributed by atoms with E-state index in [9.17, 15) is 4.79 Å². The van der Waals surface area contributed by atoms with Gasteiger partial charge in [0.05, 0.1) is 5.71 Å². The Morgan fingerprint density at radius 2 is 1.75 bits per heavy atom.